The van der Waals surface area contributed by atoms with Gasteiger partial charge in [0.05, 0.1) is 17.7 Å². The summed E-state index contributed by atoms with van der Waals surface area (Å²) >= 11 is 3.12. The molecule has 1 aliphatic carbocycles. The summed E-state index contributed by atoms with van der Waals surface area (Å²) in [6.07, 6.45) is 4.91. The molecular formula is C17H18N6O2S2. The van der Waals surface area contributed by atoms with Gasteiger partial charge in [0.15, 0.2) is 10.8 Å². The van der Waals surface area contributed by atoms with Gasteiger partial charge < -0.3 is 4.74 Å². The van der Waals surface area contributed by atoms with E-state index in [4.69, 9.17) is 4.74 Å². The highest BCUT2D eigenvalue weighted by Crippen LogP contribution is 2.40. The molecule has 5 rings (SSSR count). The van der Waals surface area contributed by atoms with Crippen LogP contribution in [0.15, 0.2) is 11.5 Å². The average molecular weight is 403 g/mol. The molecule has 0 saturated carbocycles. The van der Waals surface area contributed by atoms with Crippen LogP contribution in [0.5, 0.6) is 0 Å². The SMILES string of the molecule is CCOC(=O)CSc1nnc2n3ncnc3c3c4c(sc3n12)CCC(C)C4. The standard InChI is InChI=1S/C17H18N6O2S2/c1-3-25-12(24)7-26-17-21-20-16-22(17)15-13(14-18-8-19-23(14)16)10-6-9(2)4-5-11(10)27-15/h8-9H,3-7H2,1-2H3. The predicted octanol–water partition coefficient (Wildman–Crippen LogP) is 2.77. The number of aryl methyl sites for hydroxylation is 1. The molecule has 1 atom stereocenters. The molecule has 0 saturated heterocycles. The van der Waals surface area contributed by atoms with Crippen molar-refractivity contribution in [3.8, 4) is 0 Å². The van der Waals surface area contributed by atoms with Crippen LogP contribution < -0.4 is 0 Å². The number of fused-ring (bicyclic) bond motifs is 8. The average Bonchev–Trinajstić information content (AvgIpc) is 3.35. The van der Waals surface area contributed by atoms with Crippen molar-refractivity contribution in [2.75, 3.05) is 12.4 Å². The monoisotopic (exact) mass is 402 g/mol. The van der Waals surface area contributed by atoms with Crippen LogP contribution in [0.25, 0.3) is 21.6 Å². The number of esters is 1. The summed E-state index contributed by atoms with van der Waals surface area (Å²) in [5.41, 5.74) is 2.21. The Hall–Kier alpha value is -2.20. The summed E-state index contributed by atoms with van der Waals surface area (Å²) in [5, 5.41) is 14.8. The molecule has 140 valence electrons. The largest absolute Gasteiger partial charge is 0.465 e. The lowest BCUT2D eigenvalue weighted by molar-refractivity contribution is -0.139. The lowest BCUT2D eigenvalue weighted by atomic mass is 9.89. The predicted molar refractivity (Wildman–Crippen MR) is 103 cm³/mol. The van der Waals surface area contributed by atoms with E-state index in [9.17, 15) is 4.79 Å². The van der Waals surface area contributed by atoms with E-state index in [0.29, 0.717) is 23.5 Å². The third-order valence-corrected chi connectivity index (χ3v) is 7.07. The Kier molecular flexibility index (Phi) is 4.05. The molecule has 0 aromatic carbocycles. The van der Waals surface area contributed by atoms with E-state index < -0.39 is 0 Å². The molecule has 0 fully saturated rings. The van der Waals surface area contributed by atoms with Gasteiger partial charge >= 0.3 is 5.97 Å². The number of thioether (sulfide) groups is 1. The van der Waals surface area contributed by atoms with E-state index >= 15 is 0 Å². The van der Waals surface area contributed by atoms with Crippen molar-refractivity contribution in [1.82, 2.24) is 29.2 Å². The molecule has 1 unspecified atom stereocenters. The molecule has 4 aromatic rings. The summed E-state index contributed by atoms with van der Waals surface area (Å²) < 4.78 is 8.79. The minimum Gasteiger partial charge on any atom is -0.465 e. The number of hydrogen-bond acceptors (Lipinski definition) is 8. The van der Waals surface area contributed by atoms with Crippen molar-refractivity contribution in [1.29, 1.82) is 0 Å². The van der Waals surface area contributed by atoms with E-state index in [-0.39, 0.29) is 11.7 Å². The molecule has 0 bridgehead atoms. The number of thiophene rings is 1. The normalized spacial score (nSPS) is 17.0. The second-order valence-corrected chi connectivity index (χ2v) is 8.77. The summed E-state index contributed by atoms with van der Waals surface area (Å²) in [6, 6.07) is 0. The van der Waals surface area contributed by atoms with Gasteiger partial charge in [-0.2, -0.15) is 9.61 Å². The van der Waals surface area contributed by atoms with Crippen LogP contribution in [0.1, 0.15) is 30.7 Å². The zero-order valence-electron chi connectivity index (χ0n) is 15.0. The lowest BCUT2D eigenvalue weighted by Gasteiger charge is -2.17. The lowest BCUT2D eigenvalue weighted by Crippen LogP contribution is -2.09. The molecular weight excluding hydrogens is 384 g/mol. The summed E-state index contributed by atoms with van der Waals surface area (Å²) in [5.74, 6) is 1.23. The summed E-state index contributed by atoms with van der Waals surface area (Å²) in [7, 11) is 0. The van der Waals surface area contributed by atoms with Crippen molar-refractivity contribution in [2.24, 2.45) is 5.92 Å². The molecule has 10 heteroatoms. The highest BCUT2D eigenvalue weighted by molar-refractivity contribution is 7.99. The molecule has 0 amide bonds. The fourth-order valence-electron chi connectivity index (χ4n) is 3.69. The van der Waals surface area contributed by atoms with Gasteiger partial charge in [-0.15, -0.1) is 21.5 Å². The van der Waals surface area contributed by atoms with Gasteiger partial charge in [0.25, 0.3) is 5.78 Å². The van der Waals surface area contributed by atoms with Gasteiger partial charge in [0.1, 0.15) is 11.2 Å². The molecule has 27 heavy (non-hydrogen) atoms. The van der Waals surface area contributed by atoms with Gasteiger partial charge in [0.2, 0.25) is 0 Å². The zero-order chi connectivity index (χ0) is 18.5. The zero-order valence-corrected chi connectivity index (χ0v) is 16.6. The van der Waals surface area contributed by atoms with Crippen molar-refractivity contribution in [3.05, 3.63) is 16.8 Å². The van der Waals surface area contributed by atoms with Crippen LogP contribution in [0.3, 0.4) is 0 Å². The quantitative estimate of drug-likeness (QED) is 0.383. The molecule has 4 aromatic heterocycles. The van der Waals surface area contributed by atoms with E-state index in [1.165, 1.54) is 28.6 Å². The van der Waals surface area contributed by atoms with Crippen molar-refractivity contribution >= 4 is 50.7 Å². The summed E-state index contributed by atoms with van der Waals surface area (Å²) in [6.45, 7) is 4.47. The van der Waals surface area contributed by atoms with Crippen molar-refractivity contribution in [2.45, 2.75) is 38.3 Å². The number of ether oxygens (including phenoxy) is 1. The van der Waals surface area contributed by atoms with Gasteiger partial charge in [-0.05, 0) is 37.7 Å². The number of aromatic nitrogens is 6. The van der Waals surface area contributed by atoms with E-state index in [2.05, 4.69) is 27.2 Å². The number of carbonyl (C=O) groups is 1. The third-order valence-electron chi connectivity index (χ3n) is 4.89. The Bertz CT molecular complexity index is 1180. The maximum atomic E-state index is 11.8. The van der Waals surface area contributed by atoms with E-state index in [0.717, 1.165) is 28.7 Å². The van der Waals surface area contributed by atoms with Crippen molar-refractivity contribution < 1.29 is 9.53 Å². The molecule has 4 heterocycles. The maximum absolute atomic E-state index is 11.8. The fraction of sp³-hybridized carbons (Fsp3) is 0.471. The smallest absolute Gasteiger partial charge is 0.316 e. The van der Waals surface area contributed by atoms with Gasteiger partial charge in [-0.1, -0.05) is 18.7 Å². The molecule has 8 nitrogen and oxygen atoms in total. The van der Waals surface area contributed by atoms with Crippen LogP contribution in [0, 0.1) is 5.92 Å². The van der Waals surface area contributed by atoms with Crippen LogP contribution in [-0.4, -0.2) is 47.5 Å². The van der Waals surface area contributed by atoms with Crippen LogP contribution in [-0.2, 0) is 22.4 Å². The second-order valence-electron chi connectivity index (χ2n) is 6.74. The topological polar surface area (TPSA) is 86.7 Å². The maximum Gasteiger partial charge on any atom is 0.316 e. The molecule has 0 N–H and O–H groups in total. The Morgan fingerprint density at radius 2 is 2.33 bits per heavy atom. The molecule has 0 aliphatic heterocycles. The highest BCUT2D eigenvalue weighted by atomic mass is 32.2. The molecule has 0 spiro atoms. The number of nitrogens with zero attached hydrogens (tertiary/aromatic N) is 6. The minimum absolute atomic E-state index is 0.202. The number of carbonyl (C=O) groups excluding carboxylic acids is 1. The minimum atomic E-state index is -0.253. The highest BCUT2D eigenvalue weighted by Gasteiger charge is 2.26. The fourth-order valence-corrected chi connectivity index (χ4v) is 5.81. The van der Waals surface area contributed by atoms with Gasteiger partial charge in [-0.25, -0.2) is 9.38 Å². The van der Waals surface area contributed by atoms with E-state index in [1.807, 2.05) is 4.40 Å². The van der Waals surface area contributed by atoms with Crippen molar-refractivity contribution in [3.63, 3.8) is 0 Å². The Labute approximate surface area is 162 Å². The van der Waals surface area contributed by atoms with Crippen LogP contribution >= 0.6 is 23.1 Å². The first kappa shape index (κ1) is 16.9. The second kappa shape index (κ2) is 6.45. The van der Waals surface area contributed by atoms with E-state index in [1.54, 1.807) is 29.1 Å². The first-order chi connectivity index (χ1) is 13.2. The molecule has 1 aliphatic rings. The van der Waals surface area contributed by atoms with Crippen LogP contribution in [0.2, 0.25) is 0 Å². The van der Waals surface area contributed by atoms with Crippen LogP contribution in [0.4, 0.5) is 0 Å². The third kappa shape index (κ3) is 2.61. The Balaban J connectivity index is 1.73. The Morgan fingerprint density at radius 1 is 1.44 bits per heavy atom. The number of hydrogen-bond donors (Lipinski definition) is 0. The summed E-state index contributed by atoms with van der Waals surface area (Å²) in [4.78, 5) is 18.8. The van der Waals surface area contributed by atoms with Gasteiger partial charge in [-0.3, -0.25) is 4.79 Å². The first-order valence-electron chi connectivity index (χ1n) is 8.96. The molecule has 0 radical (unpaired) electrons. The Morgan fingerprint density at radius 3 is 3.19 bits per heavy atom. The van der Waals surface area contributed by atoms with Gasteiger partial charge in [0, 0.05) is 4.88 Å². The first-order valence-corrected chi connectivity index (χ1v) is 10.8. The number of rotatable bonds is 4.